The van der Waals surface area contributed by atoms with E-state index in [9.17, 15) is 17.6 Å². The third kappa shape index (κ3) is 5.48. The Hall–Kier alpha value is -3.04. The lowest BCUT2D eigenvalue weighted by Crippen LogP contribution is -2.33. The van der Waals surface area contributed by atoms with Crippen molar-refractivity contribution in [3.63, 3.8) is 0 Å². The van der Waals surface area contributed by atoms with Crippen LogP contribution in [0.4, 0.5) is 4.39 Å². The fourth-order valence-electron chi connectivity index (χ4n) is 3.41. The van der Waals surface area contributed by atoms with Gasteiger partial charge in [-0.05, 0) is 69.7 Å². The zero-order chi connectivity index (χ0) is 24.3. The molecule has 0 radical (unpaired) electrons. The van der Waals surface area contributed by atoms with Crippen molar-refractivity contribution >= 4 is 15.9 Å². The average Bonchev–Trinajstić information content (AvgIpc) is 3.06. The number of benzene rings is 2. The summed E-state index contributed by atoms with van der Waals surface area (Å²) in [6, 6.07) is 12.4. The Kier molecular flexibility index (Phi) is 7.34. The highest BCUT2D eigenvalue weighted by Crippen LogP contribution is 2.20. The smallest absolute Gasteiger partial charge is 0.243 e. The number of hydrogen-bond donors (Lipinski definition) is 1. The first-order valence-electron chi connectivity index (χ1n) is 10.7. The van der Waals surface area contributed by atoms with Gasteiger partial charge in [0.05, 0.1) is 22.7 Å². The molecule has 0 aliphatic rings. The molecule has 9 heteroatoms. The second kappa shape index (κ2) is 9.84. The Bertz CT molecular complexity index is 1230. The van der Waals surface area contributed by atoms with Crippen molar-refractivity contribution in [3.8, 4) is 5.69 Å². The molecule has 3 rings (SSSR count). The molecule has 1 aromatic heterocycles. The number of carbonyl (C=O) groups excluding carboxylic acids is 1. The molecule has 1 heterocycles. The highest BCUT2D eigenvalue weighted by molar-refractivity contribution is 7.89. The van der Waals surface area contributed by atoms with E-state index in [1.165, 1.54) is 16.4 Å². The van der Waals surface area contributed by atoms with Crippen molar-refractivity contribution in [2.45, 2.75) is 51.6 Å². The molecule has 0 unspecified atom stereocenters. The van der Waals surface area contributed by atoms with Gasteiger partial charge >= 0.3 is 0 Å². The van der Waals surface area contributed by atoms with Gasteiger partial charge in [-0.3, -0.25) is 4.79 Å². The zero-order valence-electron chi connectivity index (χ0n) is 19.5. The van der Waals surface area contributed by atoms with Crippen molar-refractivity contribution in [1.29, 1.82) is 0 Å². The molecule has 0 aliphatic carbocycles. The Morgan fingerprint density at radius 1 is 1.09 bits per heavy atom. The van der Waals surface area contributed by atoms with E-state index in [0.29, 0.717) is 0 Å². The third-order valence-corrected chi connectivity index (χ3v) is 7.71. The van der Waals surface area contributed by atoms with E-state index in [4.69, 9.17) is 0 Å². The van der Waals surface area contributed by atoms with Crippen molar-refractivity contribution in [2.24, 2.45) is 0 Å². The van der Waals surface area contributed by atoms with Crippen LogP contribution in [0.1, 0.15) is 36.4 Å². The largest absolute Gasteiger partial charge is 0.352 e. The van der Waals surface area contributed by atoms with Gasteiger partial charge < -0.3 is 5.32 Å². The molecule has 0 fully saturated rings. The highest BCUT2D eigenvalue weighted by atomic mass is 32.2. The molecule has 2 aromatic carbocycles. The van der Waals surface area contributed by atoms with E-state index < -0.39 is 10.0 Å². The molecular formula is C24H29FN4O3S. The molecule has 1 N–H and O–H groups in total. The predicted octanol–water partition coefficient (Wildman–Crippen LogP) is 3.52. The second-order valence-corrected chi connectivity index (χ2v) is 10.2. The zero-order valence-corrected chi connectivity index (χ0v) is 20.3. The normalized spacial score (nSPS) is 11.9. The number of nitrogens with one attached hydrogen (secondary N) is 1. The number of hydrogen-bond acceptors (Lipinski definition) is 4. The standard InChI is InChI=1S/C24H29FN4O3S/c1-16(2)28(5)33(31,32)22-12-6-19(7-13-22)15-26-24(30)14-23-17(3)27-29(18(23)4)21-10-8-20(25)9-11-21/h6-13,16H,14-15H2,1-5H3,(H,26,30). The van der Waals surface area contributed by atoms with Gasteiger partial charge in [0.2, 0.25) is 15.9 Å². The lowest BCUT2D eigenvalue weighted by Gasteiger charge is -2.21. The summed E-state index contributed by atoms with van der Waals surface area (Å²) in [5, 5.41) is 7.37. The molecule has 0 atom stereocenters. The van der Waals surface area contributed by atoms with Crippen LogP contribution < -0.4 is 5.32 Å². The number of sulfonamides is 1. The molecule has 0 aliphatic heterocycles. The molecule has 7 nitrogen and oxygen atoms in total. The van der Waals surface area contributed by atoms with E-state index in [1.807, 2.05) is 27.7 Å². The van der Waals surface area contributed by atoms with E-state index in [2.05, 4.69) is 10.4 Å². The number of rotatable bonds is 8. The summed E-state index contributed by atoms with van der Waals surface area (Å²) in [6.45, 7) is 7.62. The summed E-state index contributed by atoms with van der Waals surface area (Å²) < 4.78 is 41.4. The number of halogens is 1. The van der Waals surface area contributed by atoms with E-state index in [1.54, 1.807) is 48.1 Å². The molecule has 0 bridgehead atoms. The molecule has 176 valence electrons. The Morgan fingerprint density at radius 2 is 1.70 bits per heavy atom. The van der Waals surface area contributed by atoms with Crippen LogP contribution in [0.15, 0.2) is 53.4 Å². The molecular weight excluding hydrogens is 443 g/mol. The number of amides is 1. The maximum absolute atomic E-state index is 13.2. The molecule has 0 spiro atoms. The van der Waals surface area contributed by atoms with E-state index in [-0.39, 0.29) is 35.6 Å². The van der Waals surface area contributed by atoms with Crippen LogP contribution in [-0.4, -0.2) is 41.5 Å². The molecule has 0 saturated heterocycles. The summed E-state index contributed by atoms with van der Waals surface area (Å²) in [4.78, 5) is 12.8. The van der Waals surface area contributed by atoms with Crippen LogP contribution >= 0.6 is 0 Å². The number of aromatic nitrogens is 2. The van der Waals surface area contributed by atoms with E-state index >= 15 is 0 Å². The molecule has 3 aromatic rings. The number of aryl methyl sites for hydroxylation is 1. The topological polar surface area (TPSA) is 84.3 Å². The van der Waals surface area contributed by atoms with Gasteiger partial charge in [0.1, 0.15) is 5.82 Å². The summed E-state index contributed by atoms with van der Waals surface area (Å²) in [7, 11) is -1.99. The average molecular weight is 473 g/mol. The minimum Gasteiger partial charge on any atom is -0.352 e. The first kappa shape index (κ1) is 24.6. The second-order valence-electron chi connectivity index (χ2n) is 8.25. The predicted molar refractivity (Wildman–Crippen MR) is 125 cm³/mol. The number of nitrogens with zero attached hydrogens (tertiary/aromatic N) is 3. The first-order valence-corrected chi connectivity index (χ1v) is 12.1. The van der Waals surface area contributed by atoms with Crippen molar-refractivity contribution in [3.05, 3.63) is 76.9 Å². The Labute approximate surface area is 194 Å². The lowest BCUT2D eigenvalue weighted by atomic mass is 10.1. The summed E-state index contributed by atoms with van der Waals surface area (Å²) in [5.41, 5.74) is 3.88. The minimum atomic E-state index is -3.54. The summed E-state index contributed by atoms with van der Waals surface area (Å²) in [5.74, 6) is -0.492. The van der Waals surface area contributed by atoms with Gasteiger partial charge in [-0.2, -0.15) is 9.40 Å². The minimum absolute atomic E-state index is 0.145. The van der Waals surface area contributed by atoms with Crippen LogP contribution in [0.2, 0.25) is 0 Å². The molecule has 1 amide bonds. The Balaban J connectivity index is 1.65. The Morgan fingerprint density at radius 3 is 2.27 bits per heavy atom. The lowest BCUT2D eigenvalue weighted by molar-refractivity contribution is -0.120. The third-order valence-electron chi connectivity index (χ3n) is 5.67. The van der Waals surface area contributed by atoms with Crippen LogP contribution in [0.3, 0.4) is 0 Å². The van der Waals surface area contributed by atoms with Crippen LogP contribution in [0, 0.1) is 19.7 Å². The van der Waals surface area contributed by atoms with Gasteiger partial charge in [0.15, 0.2) is 0 Å². The van der Waals surface area contributed by atoms with Gasteiger partial charge in [0, 0.05) is 30.9 Å². The SMILES string of the molecule is Cc1nn(-c2ccc(F)cc2)c(C)c1CC(=O)NCc1ccc(S(=O)(=O)N(C)C(C)C)cc1. The summed E-state index contributed by atoms with van der Waals surface area (Å²) in [6.07, 6.45) is 0.157. The fourth-order valence-corrected chi connectivity index (χ4v) is 4.78. The maximum Gasteiger partial charge on any atom is 0.243 e. The fraction of sp³-hybridized carbons (Fsp3) is 0.333. The van der Waals surface area contributed by atoms with Gasteiger partial charge in [-0.25, -0.2) is 17.5 Å². The monoisotopic (exact) mass is 472 g/mol. The van der Waals surface area contributed by atoms with Crippen molar-refractivity contribution in [1.82, 2.24) is 19.4 Å². The van der Waals surface area contributed by atoms with Crippen LogP contribution in [0.25, 0.3) is 5.69 Å². The molecule has 33 heavy (non-hydrogen) atoms. The molecule has 0 saturated carbocycles. The summed E-state index contributed by atoms with van der Waals surface area (Å²) >= 11 is 0. The highest BCUT2D eigenvalue weighted by Gasteiger charge is 2.23. The van der Waals surface area contributed by atoms with Gasteiger partial charge in [0.25, 0.3) is 0 Å². The van der Waals surface area contributed by atoms with Crippen molar-refractivity contribution in [2.75, 3.05) is 7.05 Å². The maximum atomic E-state index is 13.2. The van der Waals surface area contributed by atoms with Crippen molar-refractivity contribution < 1.29 is 17.6 Å². The van der Waals surface area contributed by atoms with Gasteiger partial charge in [-0.1, -0.05) is 12.1 Å². The van der Waals surface area contributed by atoms with E-state index in [0.717, 1.165) is 28.2 Å². The van der Waals surface area contributed by atoms with Crippen LogP contribution in [0.5, 0.6) is 0 Å². The quantitative estimate of drug-likeness (QED) is 0.544. The van der Waals surface area contributed by atoms with Crippen LogP contribution in [-0.2, 0) is 27.8 Å². The number of carbonyl (C=O) groups is 1. The first-order chi connectivity index (χ1) is 15.5. The van der Waals surface area contributed by atoms with Gasteiger partial charge in [-0.15, -0.1) is 0 Å².